The number of benzene rings is 1. The molecule has 0 saturated carbocycles. The van der Waals surface area contributed by atoms with E-state index in [1.165, 1.54) is 18.1 Å². The van der Waals surface area contributed by atoms with Crippen molar-refractivity contribution < 1.29 is 19.1 Å². The van der Waals surface area contributed by atoms with Crippen LogP contribution in [-0.2, 0) is 25.5 Å². The molecule has 0 fully saturated rings. The van der Waals surface area contributed by atoms with E-state index in [1.807, 2.05) is 12.1 Å². The first-order valence-corrected chi connectivity index (χ1v) is 8.38. The molecular formula is C19H19NO4. The Morgan fingerprint density at radius 3 is 2.79 bits per heavy atom. The second-order valence-corrected chi connectivity index (χ2v) is 6.61. The largest absolute Gasteiger partial charge is 0.454 e. The molecule has 4 rings (SSSR count). The van der Waals surface area contributed by atoms with Crippen LogP contribution in [0, 0.1) is 0 Å². The first-order chi connectivity index (χ1) is 11.6. The van der Waals surface area contributed by atoms with Gasteiger partial charge in [0.2, 0.25) is 5.78 Å². The van der Waals surface area contributed by atoms with Gasteiger partial charge in [0.05, 0.1) is 11.6 Å². The average molecular weight is 325 g/mol. The van der Waals surface area contributed by atoms with Gasteiger partial charge in [-0.3, -0.25) is 14.4 Å². The molecule has 0 saturated heterocycles. The number of ketones is 2. The zero-order valence-corrected chi connectivity index (χ0v) is 13.6. The molecule has 24 heavy (non-hydrogen) atoms. The van der Waals surface area contributed by atoms with Gasteiger partial charge in [-0.1, -0.05) is 24.3 Å². The Hall–Kier alpha value is -2.43. The van der Waals surface area contributed by atoms with Crippen molar-refractivity contribution >= 4 is 17.5 Å². The molecule has 5 heteroatoms. The first-order valence-electron chi connectivity index (χ1n) is 8.38. The summed E-state index contributed by atoms with van der Waals surface area (Å²) in [5.74, 6) is -0.927. The number of Topliss-reactive ketones (excluding diaryl/α,β-unsaturated/α-hetero) is 2. The molecule has 2 unspecified atom stereocenters. The smallest absolute Gasteiger partial charge is 0.303 e. The van der Waals surface area contributed by atoms with Crippen molar-refractivity contribution in [1.29, 1.82) is 0 Å². The van der Waals surface area contributed by atoms with E-state index in [1.54, 1.807) is 0 Å². The van der Waals surface area contributed by atoms with Crippen LogP contribution in [0.2, 0.25) is 0 Å². The zero-order valence-electron chi connectivity index (χ0n) is 13.6. The second kappa shape index (κ2) is 5.58. The second-order valence-electron chi connectivity index (χ2n) is 6.61. The predicted octanol–water partition coefficient (Wildman–Crippen LogP) is 2.11. The minimum absolute atomic E-state index is 0.0271. The van der Waals surface area contributed by atoms with Crippen LogP contribution < -0.4 is 0 Å². The third kappa shape index (κ3) is 2.27. The minimum Gasteiger partial charge on any atom is -0.454 e. The summed E-state index contributed by atoms with van der Waals surface area (Å²) in [5, 5.41) is 0. The number of esters is 1. The third-order valence-electron chi connectivity index (χ3n) is 5.20. The normalized spacial score (nSPS) is 25.8. The van der Waals surface area contributed by atoms with E-state index in [4.69, 9.17) is 4.74 Å². The van der Waals surface area contributed by atoms with Gasteiger partial charge in [-0.2, -0.15) is 0 Å². The molecule has 1 aromatic carbocycles. The fourth-order valence-electron chi connectivity index (χ4n) is 4.20. The van der Waals surface area contributed by atoms with E-state index in [0.717, 1.165) is 18.7 Å². The van der Waals surface area contributed by atoms with Gasteiger partial charge in [-0.05, 0) is 30.4 Å². The lowest BCUT2D eigenvalue weighted by Gasteiger charge is -2.45. The Bertz CT molecular complexity index is 779. The molecule has 5 nitrogen and oxygen atoms in total. The van der Waals surface area contributed by atoms with Crippen molar-refractivity contribution in [1.82, 2.24) is 4.90 Å². The van der Waals surface area contributed by atoms with Gasteiger partial charge in [-0.25, -0.2) is 0 Å². The molecule has 0 bridgehead atoms. The topological polar surface area (TPSA) is 63.7 Å². The molecule has 0 radical (unpaired) electrons. The van der Waals surface area contributed by atoms with Crippen LogP contribution in [0.15, 0.2) is 35.5 Å². The highest BCUT2D eigenvalue weighted by molar-refractivity contribution is 6.23. The molecule has 1 aromatic rings. The summed E-state index contributed by atoms with van der Waals surface area (Å²) in [4.78, 5) is 38.7. The maximum Gasteiger partial charge on any atom is 0.303 e. The fourth-order valence-corrected chi connectivity index (χ4v) is 4.20. The molecule has 2 atom stereocenters. The molecule has 124 valence electrons. The SMILES string of the molecule is CC(=O)OC1CCC2=C(C(=O)CC3c4ccccc4CCN23)C1=O. The fraction of sp³-hybridized carbons (Fsp3) is 0.421. The van der Waals surface area contributed by atoms with Crippen LogP contribution in [0.1, 0.15) is 43.4 Å². The van der Waals surface area contributed by atoms with E-state index in [-0.39, 0.29) is 23.2 Å². The van der Waals surface area contributed by atoms with Gasteiger partial charge in [-0.15, -0.1) is 0 Å². The Morgan fingerprint density at radius 2 is 2.00 bits per heavy atom. The van der Waals surface area contributed by atoms with Crippen molar-refractivity contribution in [3.05, 3.63) is 46.7 Å². The van der Waals surface area contributed by atoms with Gasteiger partial charge < -0.3 is 9.64 Å². The van der Waals surface area contributed by atoms with Crippen molar-refractivity contribution in [3.63, 3.8) is 0 Å². The van der Waals surface area contributed by atoms with Crippen molar-refractivity contribution in [2.45, 2.75) is 44.8 Å². The summed E-state index contributed by atoms with van der Waals surface area (Å²) in [5.41, 5.74) is 3.59. The average Bonchev–Trinajstić information content (AvgIpc) is 2.56. The van der Waals surface area contributed by atoms with Gasteiger partial charge in [0.15, 0.2) is 11.9 Å². The van der Waals surface area contributed by atoms with Gasteiger partial charge in [0.1, 0.15) is 0 Å². The van der Waals surface area contributed by atoms with E-state index in [0.29, 0.717) is 19.3 Å². The number of carbonyl (C=O) groups is 3. The van der Waals surface area contributed by atoms with Crippen LogP contribution in [0.3, 0.4) is 0 Å². The zero-order chi connectivity index (χ0) is 16.8. The Kier molecular flexibility index (Phi) is 3.52. The number of carbonyl (C=O) groups excluding carboxylic acids is 3. The van der Waals surface area contributed by atoms with Gasteiger partial charge >= 0.3 is 5.97 Å². The summed E-state index contributed by atoms with van der Waals surface area (Å²) < 4.78 is 5.10. The first kappa shape index (κ1) is 15.1. The lowest BCUT2D eigenvalue weighted by atomic mass is 9.79. The Labute approximate surface area is 140 Å². The van der Waals surface area contributed by atoms with Crippen LogP contribution in [0.25, 0.3) is 0 Å². The van der Waals surface area contributed by atoms with E-state index >= 15 is 0 Å². The van der Waals surface area contributed by atoms with E-state index in [9.17, 15) is 14.4 Å². The predicted molar refractivity (Wildman–Crippen MR) is 86.0 cm³/mol. The molecule has 1 aliphatic carbocycles. The van der Waals surface area contributed by atoms with E-state index in [2.05, 4.69) is 17.0 Å². The third-order valence-corrected chi connectivity index (χ3v) is 5.20. The highest BCUT2D eigenvalue weighted by Crippen LogP contribution is 2.43. The number of fused-ring (bicyclic) bond motifs is 4. The lowest BCUT2D eigenvalue weighted by molar-refractivity contribution is -0.153. The lowest BCUT2D eigenvalue weighted by Crippen LogP contribution is -2.46. The molecule has 0 aromatic heterocycles. The van der Waals surface area contributed by atoms with Crippen LogP contribution in [0.5, 0.6) is 0 Å². The van der Waals surface area contributed by atoms with Crippen LogP contribution in [0.4, 0.5) is 0 Å². The molecule has 2 heterocycles. The summed E-state index contributed by atoms with van der Waals surface area (Å²) in [6.07, 6.45) is 1.48. The monoisotopic (exact) mass is 325 g/mol. The number of nitrogens with zero attached hydrogens (tertiary/aromatic N) is 1. The standard InChI is InChI=1S/C19H19NO4/c1-11(21)24-17-7-6-14-18(19(17)23)16(22)10-15-13-5-3-2-4-12(13)8-9-20(14)15/h2-5,15,17H,6-10H2,1H3. The number of allylic oxidation sites excluding steroid dienone is 1. The number of hydrogen-bond acceptors (Lipinski definition) is 5. The number of ether oxygens (including phenoxy) is 1. The molecule has 3 aliphatic rings. The molecule has 0 amide bonds. The highest BCUT2D eigenvalue weighted by Gasteiger charge is 2.44. The highest BCUT2D eigenvalue weighted by atomic mass is 16.5. The van der Waals surface area contributed by atoms with Gasteiger partial charge in [0, 0.05) is 25.6 Å². The molecule has 0 spiro atoms. The maximum atomic E-state index is 12.7. The Morgan fingerprint density at radius 1 is 1.21 bits per heavy atom. The summed E-state index contributed by atoms with van der Waals surface area (Å²) in [7, 11) is 0. The van der Waals surface area contributed by atoms with E-state index < -0.39 is 12.1 Å². The van der Waals surface area contributed by atoms with Crippen molar-refractivity contribution in [2.24, 2.45) is 0 Å². The summed E-state index contributed by atoms with van der Waals surface area (Å²) in [6, 6.07) is 8.25. The van der Waals surface area contributed by atoms with Crippen molar-refractivity contribution in [2.75, 3.05) is 6.54 Å². The Balaban J connectivity index is 1.72. The van der Waals surface area contributed by atoms with Crippen molar-refractivity contribution in [3.8, 4) is 0 Å². The molecular weight excluding hydrogens is 306 g/mol. The quantitative estimate of drug-likeness (QED) is 0.584. The summed E-state index contributed by atoms with van der Waals surface area (Å²) >= 11 is 0. The summed E-state index contributed by atoms with van der Waals surface area (Å²) in [6.45, 7) is 2.11. The van der Waals surface area contributed by atoms with Gasteiger partial charge in [0.25, 0.3) is 0 Å². The maximum absolute atomic E-state index is 12.7. The number of hydrogen-bond donors (Lipinski definition) is 0. The number of rotatable bonds is 1. The van der Waals surface area contributed by atoms with Crippen LogP contribution in [-0.4, -0.2) is 35.1 Å². The van der Waals surface area contributed by atoms with Crippen LogP contribution >= 0.6 is 0 Å². The molecule has 0 N–H and O–H groups in total. The molecule has 2 aliphatic heterocycles. The minimum atomic E-state index is -0.807.